The Bertz CT molecular complexity index is 3040. The summed E-state index contributed by atoms with van der Waals surface area (Å²) in [6.07, 6.45) is 0. The molecule has 0 heterocycles. The molecular formula is C55H39N. The maximum absolute atomic E-state index is 2.51. The number of hydrogen-bond donors (Lipinski definition) is 0. The fraction of sp³-hybridized carbons (Fsp3) is 0.0545. The predicted octanol–water partition coefficient (Wildman–Crippen LogP) is 15.4. The Labute approximate surface area is 327 Å². The zero-order chi connectivity index (χ0) is 37.4. The van der Waals surface area contributed by atoms with Gasteiger partial charge >= 0.3 is 0 Å². The summed E-state index contributed by atoms with van der Waals surface area (Å²) in [5.41, 5.74) is 13.6. The Hall–Kier alpha value is -6.96. The largest absolute Gasteiger partial charge is 0.310 e. The molecule has 0 amide bonds. The molecule has 0 aliphatic heterocycles. The monoisotopic (exact) mass is 713 g/mol. The second kappa shape index (κ2) is 12.5. The number of fused-ring (bicyclic) bond motifs is 11. The summed E-state index contributed by atoms with van der Waals surface area (Å²) in [6, 6.07) is 73.8. The van der Waals surface area contributed by atoms with Crippen LogP contribution in [0.5, 0.6) is 0 Å². The van der Waals surface area contributed by atoms with Crippen molar-refractivity contribution in [2.45, 2.75) is 19.3 Å². The van der Waals surface area contributed by atoms with Gasteiger partial charge in [-0.2, -0.15) is 0 Å². The molecule has 10 aromatic carbocycles. The van der Waals surface area contributed by atoms with Crippen molar-refractivity contribution < 1.29 is 0 Å². The number of hydrogen-bond acceptors (Lipinski definition) is 1. The van der Waals surface area contributed by atoms with Crippen molar-refractivity contribution in [3.8, 4) is 33.4 Å². The average Bonchev–Trinajstić information content (AvgIpc) is 3.49. The Morgan fingerprint density at radius 1 is 0.321 bits per heavy atom. The van der Waals surface area contributed by atoms with Gasteiger partial charge in [-0.3, -0.25) is 0 Å². The van der Waals surface area contributed by atoms with Crippen LogP contribution in [0.2, 0.25) is 0 Å². The smallest absolute Gasteiger partial charge is 0.0468 e. The molecule has 56 heavy (non-hydrogen) atoms. The molecule has 0 unspecified atom stereocenters. The molecule has 10 aromatic rings. The van der Waals surface area contributed by atoms with E-state index in [1.54, 1.807) is 0 Å². The summed E-state index contributed by atoms with van der Waals surface area (Å²) < 4.78 is 0. The number of rotatable bonds is 5. The van der Waals surface area contributed by atoms with E-state index < -0.39 is 0 Å². The molecular weight excluding hydrogens is 675 g/mol. The number of benzene rings is 10. The van der Waals surface area contributed by atoms with Gasteiger partial charge in [0.1, 0.15) is 0 Å². The van der Waals surface area contributed by atoms with E-state index in [9.17, 15) is 0 Å². The first-order chi connectivity index (χ1) is 27.5. The van der Waals surface area contributed by atoms with Gasteiger partial charge in [-0.1, -0.05) is 166 Å². The standard InChI is InChI=1S/C55H39N/c1-55(2)52-32-25-40-17-9-10-18-44(40)54(52)51-34-49-46-20-12-11-19-45(46)48-33-43(30-31-47(48)50(49)35-53(51)55)56(41-26-21-38(22-27-41)36-13-5-3-6-14-36)42-28-23-39(24-29-42)37-15-7-4-8-16-37/h3-35H,1-2H3. The van der Waals surface area contributed by atoms with E-state index in [0.29, 0.717) is 0 Å². The van der Waals surface area contributed by atoms with Gasteiger partial charge < -0.3 is 4.90 Å². The van der Waals surface area contributed by atoms with Crippen LogP contribution in [0.4, 0.5) is 17.1 Å². The van der Waals surface area contributed by atoms with Crippen molar-refractivity contribution in [2.24, 2.45) is 0 Å². The molecule has 0 aromatic heterocycles. The van der Waals surface area contributed by atoms with Gasteiger partial charge in [0, 0.05) is 22.5 Å². The number of anilines is 3. The minimum Gasteiger partial charge on any atom is -0.310 e. The Morgan fingerprint density at radius 3 is 1.39 bits per heavy atom. The topological polar surface area (TPSA) is 3.24 Å². The lowest BCUT2D eigenvalue weighted by Crippen LogP contribution is -2.14. The van der Waals surface area contributed by atoms with E-state index in [4.69, 9.17) is 0 Å². The lowest BCUT2D eigenvalue weighted by Gasteiger charge is -2.27. The summed E-state index contributed by atoms with van der Waals surface area (Å²) >= 11 is 0. The molecule has 1 heteroatoms. The second-order valence-corrected chi connectivity index (χ2v) is 15.7. The normalized spacial score (nSPS) is 13.0. The Kier molecular flexibility index (Phi) is 7.28. The highest BCUT2D eigenvalue weighted by molar-refractivity contribution is 6.27. The molecule has 0 saturated carbocycles. The molecule has 0 spiro atoms. The van der Waals surface area contributed by atoms with Crippen molar-refractivity contribution in [3.63, 3.8) is 0 Å². The van der Waals surface area contributed by atoms with Crippen molar-refractivity contribution in [1.82, 2.24) is 0 Å². The average molecular weight is 714 g/mol. The quantitative estimate of drug-likeness (QED) is 0.161. The number of nitrogens with zero attached hydrogens (tertiary/aromatic N) is 1. The first-order valence-electron chi connectivity index (χ1n) is 19.6. The lowest BCUT2D eigenvalue weighted by molar-refractivity contribution is 0.662. The molecule has 264 valence electrons. The fourth-order valence-corrected chi connectivity index (χ4v) is 9.39. The third kappa shape index (κ3) is 5.01. The zero-order valence-corrected chi connectivity index (χ0v) is 31.5. The lowest BCUT2D eigenvalue weighted by atomic mass is 9.81. The first kappa shape index (κ1) is 32.5. The van der Waals surface area contributed by atoms with Gasteiger partial charge in [0.25, 0.3) is 0 Å². The van der Waals surface area contributed by atoms with E-state index in [-0.39, 0.29) is 5.41 Å². The predicted molar refractivity (Wildman–Crippen MR) is 240 cm³/mol. The minimum absolute atomic E-state index is 0.116. The summed E-state index contributed by atoms with van der Waals surface area (Å²) in [5.74, 6) is 0. The highest BCUT2D eigenvalue weighted by atomic mass is 15.1. The van der Waals surface area contributed by atoms with Gasteiger partial charge in [0.15, 0.2) is 0 Å². The van der Waals surface area contributed by atoms with Crippen LogP contribution >= 0.6 is 0 Å². The summed E-state index contributed by atoms with van der Waals surface area (Å²) in [7, 11) is 0. The van der Waals surface area contributed by atoms with E-state index >= 15 is 0 Å². The van der Waals surface area contributed by atoms with Crippen LogP contribution in [-0.2, 0) is 5.41 Å². The maximum Gasteiger partial charge on any atom is 0.0468 e. The summed E-state index contributed by atoms with van der Waals surface area (Å²) in [6.45, 7) is 4.78. The van der Waals surface area contributed by atoms with Gasteiger partial charge in [-0.25, -0.2) is 0 Å². The molecule has 1 aliphatic carbocycles. The Balaban J connectivity index is 1.12. The van der Waals surface area contributed by atoms with E-state index in [1.807, 2.05) is 0 Å². The molecule has 0 fully saturated rings. The molecule has 0 saturated heterocycles. The van der Waals surface area contributed by atoms with E-state index in [2.05, 4.69) is 219 Å². The van der Waals surface area contributed by atoms with Crippen molar-refractivity contribution >= 4 is 60.2 Å². The van der Waals surface area contributed by atoms with Crippen molar-refractivity contribution in [1.29, 1.82) is 0 Å². The molecule has 1 aliphatic rings. The minimum atomic E-state index is -0.116. The van der Waals surface area contributed by atoms with Crippen molar-refractivity contribution in [3.05, 3.63) is 211 Å². The van der Waals surface area contributed by atoms with E-state index in [1.165, 1.54) is 87.6 Å². The highest BCUT2D eigenvalue weighted by Gasteiger charge is 2.37. The third-order valence-corrected chi connectivity index (χ3v) is 12.2. The molecule has 1 nitrogen and oxygen atoms in total. The van der Waals surface area contributed by atoms with Gasteiger partial charge in [-0.15, -0.1) is 0 Å². The van der Waals surface area contributed by atoms with Crippen LogP contribution < -0.4 is 4.90 Å². The van der Waals surface area contributed by atoms with Crippen LogP contribution in [0.1, 0.15) is 25.0 Å². The van der Waals surface area contributed by atoms with Gasteiger partial charge in [-0.05, 0) is 136 Å². The van der Waals surface area contributed by atoms with Crippen molar-refractivity contribution in [2.75, 3.05) is 4.90 Å². The first-order valence-corrected chi connectivity index (χ1v) is 19.6. The van der Waals surface area contributed by atoms with Crippen LogP contribution in [0.25, 0.3) is 76.5 Å². The molecule has 11 rings (SSSR count). The van der Waals surface area contributed by atoms with Crippen LogP contribution in [0.3, 0.4) is 0 Å². The van der Waals surface area contributed by atoms with Gasteiger partial charge in [0.2, 0.25) is 0 Å². The summed E-state index contributed by atoms with van der Waals surface area (Å²) in [5, 5.41) is 10.3. The maximum atomic E-state index is 2.51. The van der Waals surface area contributed by atoms with Gasteiger partial charge in [0.05, 0.1) is 0 Å². The summed E-state index contributed by atoms with van der Waals surface area (Å²) in [4.78, 5) is 2.40. The van der Waals surface area contributed by atoms with Crippen LogP contribution in [0.15, 0.2) is 200 Å². The van der Waals surface area contributed by atoms with Crippen LogP contribution in [0, 0.1) is 0 Å². The Morgan fingerprint density at radius 2 is 0.786 bits per heavy atom. The third-order valence-electron chi connectivity index (χ3n) is 12.2. The zero-order valence-electron chi connectivity index (χ0n) is 31.5. The van der Waals surface area contributed by atoms with Crippen LogP contribution in [-0.4, -0.2) is 0 Å². The molecule has 0 N–H and O–H groups in total. The fourth-order valence-electron chi connectivity index (χ4n) is 9.39. The molecule has 0 atom stereocenters. The molecule has 0 radical (unpaired) electrons. The second-order valence-electron chi connectivity index (χ2n) is 15.7. The molecule has 0 bridgehead atoms. The SMILES string of the molecule is CC1(C)c2cc3c4ccc(N(c5ccc(-c6ccccc6)cc5)c5ccc(-c6ccccc6)cc5)cc4c4ccccc4c3cc2-c2c1ccc1ccccc21. The highest BCUT2D eigenvalue weighted by Crippen LogP contribution is 2.54. The van der Waals surface area contributed by atoms with E-state index in [0.717, 1.165) is 17.1 Å².